The molecule has 6 heteroatoms. The van der Waals surface area contributed by atoms with Gasteiger partial charge in [0, 0.05) is 11.4 Å². The second-order valence-corrected chi connectivity index (χ2v) is 4.61. The summed E-state index contributed by atoms with van der Waals surface area (Å²) in [5.41, 5.74) is 0.0470. The van der Waals surface area contributed by atoms with Gasteiger partial charge in [0.25, 0.3) is 0 Å². The number of nitrogens with zero attached hydrogens (tertiary/aromatic N) is 4. The minimum atomic E-state index is -0.512. The van der Waals surface area contributed by atoms with Gasteiger partial charge in [-0.1, -0.05) is 6.07 Å². The van der Waals surface area contributed by atoms with Crippen LogP contribution in [-0.4, -0.2) is 14.8 Å². The summed E-state index contributed by atoms with van der Waals surface area (Å²) in [7, 11) is 0. The molecular formula is C12H11FN4S. The predicted molar refractivity (Wildman–Crippen MR) is 65.7 cm³/mol. The molecule has 0 saturated carbocycles. The molecule has 0 unspecified atom stereocenters. The number of hydrogen-bond acceptors (Lipinski definition) is 4. The van der Waals surface area contributed by atoms with Crippen LogP contribution in [0.1, 0.15) is 18.3 Å². The Morgan fingerprint density at radius 1 is 1.44 bits per heavy atom. The zero-order valence-corrected chi connectivity index (χ0v) is 10.8. The smallest absolute Gasteiger partial charge is 0.196 e. The number of nitriles is 1. The molecule has 0 saturated heterocycles. The summed E-state index contributed by atoms with van der Waals surface area (Å²) < 4.78 is 15.4. The van der Waals surface area contributed by atoms with Crippen molar-refractivity contribution in [2.45, 2.75) is 30.4 Å². The molecule has 0 amide bonds. The Bertz CT molecular complexity index is 615. The Balaban J connectivity index is 2.41. The molecule has 1 aromatic heterocycles. The lowest BCUT2D eigenvalue weighted by Crippen LogP contribution is -1.99. The molecule has 0 bridgehead atoms. The van der Waals surface area contributed by atoms with E-state index >= 15 is 0 Å². The first-order valence-electron chi connectivity index (χ1n) is 5.43. The summed E-state index contributed by atoms with van der Waals surface area (Å²) in [6.07, 6.45) is 0. The van der Waals surface area contributed by atoms with Gasteiger partial charge in [-0.15, -0.1) is 10.2 Å². The maximum Gasteiger partial charge on any atom is 0.196 e. The van der Waals surface area contributed by atoms with Crippen molar-refractivity contribution >= 4 is 11.8 Å². The lowest BCUT2D eigenvalue weighted by molar-refractivity contribution is 0.619. The molecule has 4 nitrogen and oxygen atoms in total. The van der Waals surface area contributed by atoms with Crippen LogP contribution in [0.5, 0.6) is 0 Å². The maximum absolute atomic E-state index is 13.5. The summed E-state index contributed by atoms with van der Waals surface area (Å²) >= 11 is 1.25. The Labute approximate surface area is 108 Å². The lowest BCUT2D eigenvalue weighted by atomic mass is 10.2. The van der Waals surface area contributed by atoms with E-state index in [0.717, 1.165) is 12.4 Å². The summed E-state index contributed by atoms with van der Waals surface area (Å²) in [4.78, 5) is 0.555. The molecule has 0 aliphatic heterocycles. The van der Waals surface area contributed by atoms with Gasteiger partial charge in [0.1, 0.15) is 23.3 Å². The molecule has 2 aromatic rings. The second-order valence-electron chi connectivity index (χ2n) is 3.60. The number of aromatic nitrogens is 3. The minimum absolute atomic E-state index is 0.0470. The van der Waals surface area contributed by atoms with Gasteiger partial charge >= 0.3 is 0 Å². The van der Waals surface area contributed by atoms with Crippen molar-refractivity contribution in [2.75, 3.05) is 0 Å². The van der Waals surface area contributed by atoms with Crippen molar-refractivity contribution in [1.82, 2.24) is 14.8 Å². The van der Waals surface area contributed by atoms with Gasteiger partial charge in [-0.25, -0.2) is 4.39 Å². The molecule has 0 N–H and O–H groups in total. The molecule has 0 atom stereocenters. The third-order valence-electron chi connectivity index (χ3n) is 2.51. The van der Waals surface area contributed by atoms with Gasteiger partial charge in [-0.2, -0.15) is 5.26 Å². The van der Waals surface area contributed by atoms with Crippen molar-refractivity contribution in [3.05, 3.63) is 35.4 Å². The number of rotatable bonds is 3. The van der Waals surface area contributed by atoms with Crippen LogP contribution in [0, 0.1) is 24.1 Å². The third kappa shape index (κ3) is 2.22. The van der Waals surface area contributed by atoms with E-state index < -0.39 is 5.82 Å². The summed E-state index contributed by atoms with van der Waals surface area (Å²) in [5.74, 6) is 0.289. The van der Waals surface area contributed by atoms with Crippen LogP contribution in [0.15, 0.2) is 28.3 Å². The van der Waals surface area contributed by atoms with Gasteiger partial charge in [0.15, 0.2) is 5.16 Å². The third-order valence-corrected chi connectivity index (χ3v) is 3.55. The Kier molecular flexibility index (Phi) is 3.63. The number of halogens is 1. The molecule has 0 radical (unpaired) electrons. The molecule has 0 aliphatic rings. The quantitative estimate of drug-likeness (QED) is 0.853. The van der Waals surface area contributed by atoms with Crippen LogP contribution in [-0.2, 0) is 6.54 Å². The Morgan fingerprint density at radius 2 is 2.22 bits per heavy atom. The molecular weight excluding hydrogens is 251 g/mol. The van der Waals surface area contributed by atoms with Gasteiger partial charge in [-0.05, 0) is 37.7 Å². The molecule has 1 heterocycles. The summed E-state index contributed by atoms with van der Waals surface area (Å²) in [6.45, 7) is 4.58. The topological polar surface area (TPSA) is 54.5 Å². The largest absolute Gasteiger partial charge is 0.306 e. The van der Waals surface area contributed by atoms with E-state index in [1.165, 1.54) is 17.8 Å². The zero-order chi connectivity index (χ0) is 13.1. The van der Waals surface area contributed by atoms with Gasteiger partial charge < -0.3 is 4.57 Å². The van der Waals surface area contributed by atoms with Crippen LogP contribution < -0.4 is 0 Å². The van der Waals surface area contributed by atoms with E-state index in [2.05, 4.69) is 10.2 Å². The van der Waals surface area contributed by atoms with Crippen LogP contribution in [0.25, 0.3) is 0 Å². The first kappa shape index (κ1) is 12.6. The maximum atomic E-state index is 13.5. The van der Waals surface area contributed by atoms with Gasteiger partial charge in [0.2, 0.25) is 0 Å². The molecule has 0 fully saturated rings. The van der Waals surface area contributed by atoms with Crippen LogP contribution in [0.4, 0.5) is 4.39 Å². The van der Waals surface area contributed by atoms with Crippen molar-refractivity contribution in [3.63, 3.8) is 0 Å². The van der Waals surface area contributed by atoms with E-state index in [4.69, 9.17) is 5.26 Å². The highest BCUT2D eigenvalue weighted by molar-refractivity contribution is 7.99. The normalized spacial score (nSPS) is 10.3. The van der Waals surface area contributed by atoms with E-state index in [-0.39, 0.29) is 5.56 Å². The van der Waals surface area contributed by atoms with E-state index in [9.17, 15) is 4.39 Å². The van der Waals surface area contributed by atoms with Crippen LogP contribution in [0.3, 0.4) is 0 Å². The summed E-state index contributed by atoms with van der Waals surface area (Å²) in [6, 6.07) is 6.44. The zero-order valence-electron chi connectivity index (χ0n) is 10.0. The van der Waals surface area contributed by atoms with Gasteiger partial charge in [-0.3, -0.25) is 0 Å². The van der Waals surface area contributed by atoms with Crippen molar-refractivity contribution < 1.29 is 4.39 Å². The van der Waals surface area contributed by atoms with Crippen LogP contribution >= 0.6 is 11.8 Å². The second kappa shape index (κ2) is 5.19. The number of aryl methyl sites for hydroxylation is 1. The van der Waals surface area contributed by atoms with Crippen molar-refractivity contribution in [2.24, 2.45) is 0 Å². The standard InChI is InChI=1S/C12H11FN4S/c1-3-17-8(2)15-16-12(17)18-11-6-4-5-10(13)9(11)7-14/h4-6H,3H2,1-2H3. The molecule has 0 aliphatic carbocycles. The fourth-order valence-corrected chi connectivity index (χ4v) is 2.64. The minimum Gasteiger partial charge on any atom is -0.306 e. The first-order chi connectivity index (χ1) is 8.67. The highest BCUT2D eigenvalue weighted by Crippen LogP contribution is 2.30. The average Bonchev–Trinajstić information content (AvgIpc) is 2.70. The van der Waals surface area contributed by atoms with E-state index in [1.54, 1.807) is 12.1 Å². The highest BCUT2D eigenvalue weighted by Gasteiger charge is 2.13. The predicted octanol–water partition coefficient (Wildman–Crippen LogP) is 2.77. The van der Waals surface area contributed by atoms with Crippen molar-refractivity contribution in [3.8, 4) is 6.07 Å². The fraction of sp³-hybridized carbons (Fsp3) is 0.250. The molecule has 0 spiro atoms. The first-order valence-corrected chi connectivity index (χ1v) is 6.25. The molecule has 1 aromatic carbocycles. The molecule has 92 valence electrons. The monoisotopic (exact) mass is 262 g/mol. The van der Waals surface area contributed by atoms with Crippen molar-refractivity contribution in [1.29, 1.82) is 5.26 Å². The summed E-state index contributed by atoms with van der Waals surface area (Å²) in [5, 5.41) is 17.6. The Hall–Kier alpha value is -1.87. The lowest BCUT2D eigenvalue weighted by Gasteiger charge is -2.06. The SMILES string of the molecule is CCn1c(C)nnc1Sc1cccc(F)c1C#N. The number of benzene rings is 1. The highest BCUT2D eigenvalue weighted by atomic mass is 32.2. The molecule has 2 rings (SSSR count). The van der Waals surface area contributed by atoms with E-state index in [0.29, 0.717) is 10.1 Å². The van der Waals surface area contributed by atoms with Crippen LogP contribution in [0.2, 0.25) is 0 Å². The van der Waals surface area contributed by atoms with Gasteiger partial charge in [0.05, 0.1) is 0 Å². The number of hydrogen-bond donors (Lipinski definition) is 0. The fourth-order valence-electron chi connectivity index (χ4n) is 1.60. The van der Waals surface area contributed by atoms with E-state index in [1.807, 2.05) is 24.5 Å². The average molecular weight is 262 g/mol. The molecule has 18 heavy (non-hydrogen) atoms. The Morgan fingerprint density at radius 3 is 2.89 bits per heavy atom.